The second-order valence-corrected chi connectivity index (χ2v) is 7.13. The van der Waals surface area contributed by atoms with Gasteiger partial charge in [-0.1, -0.05) is 6.07 Å². The molecule has 27 heavy (non-hydrogen) atoms. The molecule has 0 saturated carbocycles. The predicted octanol–water partition coefficient (Wildman–Crippen LogP) is 1.84. The van der Waals surface area contributed by atoms with Crippen molar-refractivity contribution in [3.63, 3.8) is 0 Å². The summed E-state index contributed by atoms with van der Waals surface area (Å²) in [5.74, 6) is 1.17. The summed E-state index contributed by atoms with van der Waals surface area (Å²) in [5.41, 5.74) is 2.84. The van der Waals surface area contributed by atoms with Crippen LogP contribution in [0.3, 0.4) is 0 Å². The smallest absolute Gasteiger partial charge is 0.258 e. The maximum absolute atomic E-state index is 12.2. The summed E-state index contributed by atoms with van der Waals surface area (Å²) in [7, 11) is -3.89. The average molecular weight is 390 g/mol. The second-order valence-electron chi connectivity index (χ2n) is 5.45. The predicted molar refractivity (Wildman–Crippen MR) is 97.7 cm³/mol. The van der Waals surface area contributed by atoms with Crippen LogP contribution in [0.15, 0.2) is 53.4 Å². The van der Waals surface area contributed by atoms with Crippen molar-refractivity contribution in [3.8, 4) is 17.2 Å². The highest BCUT2D eigenvalue weighted by Crippen LogP contribution is 2.32. The van der Waals surface area contributed by atoms with Crippen LogP contribution in [0.25, 0.3) is 6.08 Å². The molecule has 1 amide bonds. The summed E-state index contributed by atoms with van der Waals surface area (Å²) >= 11 is 0. The zero-order chi connectivity index (χ0) is 19.3. The third-order valence-electron chi connectivity index (χ3n) is 3.58. The molecule has 1 aliphatic rings. The van der Waals surface area contributed by atoms with Crippen LogP contribution in [-0.4, -0.2) is 27.7 Å². The number of ether oxygens (including phenoxy) is 3. The van der Waals surface area contributed by atoms with Crippen molar-refractivity contribution < 1.29 is 27.4 Å². The first-order valence-electron chi connectivity index (χ1n) is 8.10. The molecule has 142 valence electrons. The van der Waals surface area contributed by atoms with Crippen molar-refractivity contribution >= 4 is 22.0 Å². The molecule has 1 heterocycles. The Kier molecular flexibility index (Phi) is 5.63. The van der Waals surface area contributed by atoms with Gasteiger partial charge in [0.25, 0.3) is 15.9 Å². The lowest BCUT2D eigenvalue weighted by molar-refractivity contribution is -0.116. The molecule has 0 saturated heterocycles. The Bertz CT molecular complexity index is 954. The highest BCUT2D eigenvalue weighted by Gasteiger charge is 2.15. The fourth-order valence-electron chi connectivity index (χ4n) is 2.29. The fourth-order valence-corrected chi connectivity index (χ4v) is 3.14. The van der Waals surface area contributed by atoms with Crippen molar-refractivity contribution in [1.29, 1.82) is 0 Å². The molecule has 0 bridgehead atoms. The normalized spacial score (nSPS) is 12.9. The van der Waals surface area contributed by atoms with Gasteiger partial charge in [0, 0.05) is 6.08 Å². The number of benzene rings is 2. The van der Waals surface area contributed by atoms with Crippen molar-refractivity contribution in [2.45, 2.75) is 11.8 Å². The molecule has 0 fully saturated rings. The quantitative estimate of drug-likeness (QED) is 0.552. The van der Waals surface area contributed by atoms with Gasteiger partial charge in [-0.2, -0.15) is 0 Å². The van der Waals surface area contributed by atoms with E-state index < -0.39 is 15.9 Å². The van der Waals surface area contributed by atoms with E-state index in [1.807, 2.05) is 11.8 Å². The Morgan fingerprint density at radius 3 is 2.63 bits per heavy atom. The molecule has 2 aromatic rings. The van der Waals surface area contributed by atoms with Crippen LogP contribution < -0.4 is 24.5 Å². The minimum absolute atomic E-state index is 0.00556. The first-order valence-corrected chi connectivity index (χ1v) is 9.58. The number of hydrazine groups is 1. The standard InChI is InChI=1S/C18H18N2O6S/c1-2-24-14-5-7-15(8-6-14)27(22,23)20-19-18(21)10-4-13-3-9-16-17(11-13)26-12-25-16/h3-11,20H,2,12H2,1H3,(H,19,21)/b10-4+. The molecular formula is C18H18N2O6S. The first-order chi connectivity index (χ1) is 13.0. The van der Waals surface area contributed by atoms with E-state index in [9.17, 15) is 13.2 Å². The number of nitrogens with one attached hydrogen (secondary N) is 2. The van der Waals surface area contributed by atoms with Gasteiger partial charge in [0.2, 0.25) is 6.79 Å². The van der Waals surface area contributed by atoms with Crippen molar-refractivity contribution in [3.05, 3.63) is 54.1 Å². The van der Waals surface area contributed by atoms with Crippen molar-refractivity contribution in [2.24, 2.45) is 0 Å². The number of carbonyl (C=O) groups is 1. The molecule has 3 rings (SSSR count). The minimum atomic E-state index is -3.89. The van der Waals surface area contributed by atoms with Crippen molar-refractivity contribution in [1.82, 2.24) is 10.3 Å². The molecule has 2 N–H and O–H groups in total. The summed E-state index contributed by atoms with van der Waals surface area (Å²) in [6.07, 6.45) is 2.74. The van der Waals surface area contributed by atoms with Crippen LogP contribution in [0.2, 0.25) is 0 Å². The van der Waals surface area contributed by atoms with E-state index in [-0.39, 0.29) is 11.7 Å². The molecule has 9 heteroatoms. The molecule has 2 aromatic carbocycles. The van der Waals surface area contributed by atoms with Crippen LogP contribution in [0, 0.1) is 0 Å². The molecule has 1 aliphatic heterocycles. The molecule has 0 aliphatic carbocycles. The summed E-state index contributed by atoms with van der Waals surface area (Å²) in [4.78, 5) is 13.9. The van der Waals surface area contributed by atoms with Gasteiger partial charge < -0.3 is 14.2 Å². The highest BCUT2D eigenvalue weighted by molar-refractivity contribution is 7.89. The zero-order valence-electron chi connectivity index (χ0n) is 14.5. The van der Waals surface area contributed by atoms with Crippen LogP contribution in [-0.2, 0) is 14.8 Å². The largest absolute Gasteiger partial charge is 0.494 e. The summed E-state index contributed by atoms with van der Waals surface area (Å²) in [5, 5.41) is 0. The average Bonchev–Trinajstić information content (AvgIpc) is 3.13. The maximum Gasteiger partial charge on any atom is 0.258 e. The number of carbonyl (C=O) groups excluding carboxylic acids is 1. The van der Waals surface area contributed by atoms with E-state index in [1.54, 1.807) is 30.3 Å². The zero-order valence-corrected chi connectivity index (χ0v) is 15.3. The van der Waals surface area contributed by atoms with Gasteiger partial charge in [-0.05, 0) is 55.0 Å². The lowest BCUT2D eigenvalue weighted by Gasteiger charge is -2.08. The van der Waals surface area contributed by atoms with E-state index in [0.717, 1.165) is 0 Å². The minimum Gasteiger partial charge on any atom is -0.494 e. The van der Waals surface area contributed by atoms with Gasteiger partial charge in [0.15, 0.2) is 11.5 Å². The molecule has 0 spiro atoms. The van der Waals surface area contributed by atoms with E-state index in [1.165, 1.54) is 24.3 Å². The van der Waals surface area contributed by atoms with Crippen LogP contribution in [0.5, 0.6) is 17.2 Å². The SMILES string of the molecule is CCOc1ccc(S(=O)(=O)NNC(=O)/C=C/c2ccc3c(c2)OCO3)cc1. The molecule has 0 atom stereocenters. The van der Waals surface area contributed by atoms with Crippen molar-refractivity contribution in [2.75, 3.05) is 13.4 Å². The van der Waals surface area contributed by atoms with Crippen LogP contribution in [0.4, 0.5) is 0 Å². The van der Waals surface area contributed by atoms with Gasteiger partial charge >= 0.3 is 0 Å². The molecular weight excluding hydrogens is 372 g/mol. The second kappa shape index (κ2) is 8.11. The Morgan fingerprint density at radius 2 is 1.89 bits per heavy atom. The lowest BCUT2D eigenvalue weighted by Crippen LogP contribution is -2.40. The number of amides is 1. The first kappa shape index (κ1) is 18.7. The molecule has 8 nitrogen and oxygen atoms in total. The number of rotatable bonds is 7. The molecule has 0 unspecified atom stereocenters. The summed E-state index contributed by atoms with van der Waals surface area (Å²) in [6, 6.07) is 11.1. The van der Waals surface area contributed by atoms with Gasteiger partial charge in [-0.15, -0.1) is 4.83 Å². The number of sulfonamides is 1. The molecule has 0 aromatic heterocycles. The Labute approximate surface area is 156 Å². The van der Waals surface area contributed by atoms with Gasteiger partial charge in [0.05, 0.1) is 11.5 Å². The fraction of sp³-hybridized carbons (Fsp3) is 0.167. The monoisotopic (exact) mass is 390 g/mol. The summed E-state index contributed by atoms with van der Waals surface area (Å²) < 4.78 is 40.1. The third kappa shape index (κ3) is 4.78. The van der Waals surface area contributed by atoms with Crippen LogP contribution >= 0.6 is 0 Å². The van der Waals surface area contributed by atoms with Crippen LogP contribution in [0.1, 0.15) is 12.5 Å². The number of hydrogen-bond acceptors (Lipinski definition) is 6. The third-order valence-corrected chi connectivity index (χ3v) is 4.84. The van der Waals surface area contributed by atoms with E-state index in [0.29, 0.717) is 29.4 Å². The van der Waals surface area contributed by atoms with Gasteiger partial charge in [-0.25, -0.2) is 8.42 Å². The molecule has 0 radical (unpaired) electrons. The lowest BCUT2D eigenvalue weighted by atomic mass is 10.2. The Hall–Kier alpha value is -3.04. The van der Waals surface area contributed by atoms with E-state index >= 15 is 0 Å². The number of fused-ring (bicyclic) bond motifs is 1. The van der Waals surface area contributed by atoms with E-state index in [4.69, 9.17) is 14.2 Å². The summed E-state index contributed by atoms with van der Waals surface area (Å²) in [6.45, 7) is 2.48. The Balaban J connectivity index is 1.57. The maximum atomic E-state index is 12.2. The van der Waals surface area contributed by atoms with Gasteiger partial charge in [-0.3, -0.25) is 10.2 Å². The topological polar surface area (TPSA) is 103 Å². The number of hydrogen-bond donors (Lipinski definition) is 2. The highest BCUT2D eigenvalue weighted by atomic mass is 32.2. The Morgan fingerprint density at radius 1 is 1.15 bits per heavy atom. The van der Waals surface area contributed by atoms with E-state index in [2.05, 4.69) is 5.43 Å². The van der Waals surface area contributed by atoms with Gasteiger partial charge in [0.1, 0.15) is 5.75 Å².